The summed E-state index contributed by atoms with van der Waals surface area (Å²) in [5.74, 6) is 2.67. The topological polar surface area (TPSA) is 12.0 Å². The Morgan fingerprint density at radius 2 is 1.83 bits per heavy atom. The molecule has 0 unspecified atom stereocenters. The molecule has 0 saturated carbocycles. The molecule has 2 heteroatoms. The molecule has 1 N–H and O–H groups in total. The first-order chi connectivity index (χ1) is 8.49. The first-order valence-electron chi connectivity index (χ1n) is 6.92. The van der Waals surface area contributed by atoms with E-state index in [1.54, 1.807) is 0 Å². The van der Waals surface area contributed by atoms with Gasteiger partial charge in [0.05, 0.1) is 0 Å². The average Bonchev–Trinajstić information content (AvgIpc) is 2.28. The van der Waals surface area contributed by atoms with Gasteiger partial charge in [0.2, 0.25) is 0 Å². The van der Waals surface area contributed by atoms with Crippen LogP contribution in [0.4, 0.5) is 0 Å². The van der Waals surface area contributed by atoms with Crippen LogP contribution in [0, 0.1) is 18.8 Å². The van der Waals surface area contributed by atoms with Crippen molar-refractivity contribution in [2.45, 2.75) is 46.1 Å². The molecule has 0 heterocycles. The summed E-state index contributed by atoms with van der Waals surface area (Å²) >= 11 is 1.96. The van der Waals surface area contributed by atoms with Gasteiger partial charge in [-0.25, -0.2) is 0 Å². The average molecular weight is 265 g/mol. The second-order valence-electron chi connectivity index (χ2n) is 5.82. The molecule has 1 aromatic carbocycles. The molecule has 0 aliphatic carbocycles. The molecular formula is C16H27NS. The summed E-state index contributed by atoms with van der Waals surface area (Å²) in [4.78, 5) is 1.40. The maximum atomic E-state index is 3.50. The van der Waals surface area contributed by atoms with Crippen LogP contribution in [0.5, 0.6) is 0 Å². The lowest BCUT2D eigenvalue weighted by molar-refractivity contribution is 0.551. The van der Waals surface area contributed by atoms with Crippen molar-refractivity contribution in [2.24, 2.45) is 11.8 Å². The van der Waals surface area contributed by atoms with Crippen LogP contribution in [0.1, 0.15) is 38.8 Å². The summed E-state index contributed by atoms with van der Waals surface area (Å²) < 4.78 is 0. The Hall–Kier alpha value is -0.470. The lowest BCUT2D eigenvalue weighted by Gasteiger charge is -2.11. The molecule has 1 aromatic rings. The largest absolute Gasteiger partial charge is 0.312 e. The van der Waals surface area contributed by atoms with Crippen LogP contribution in [0.3, 0.4) is 0 Å². The van der Waals surface area contributed by atoms with Gasteiger partial charge in [0.15, 0.2) is 0 Å². The fourth-order valence-electron chi connectivity index (χ4n) is 1.71. The van der Waals surface area contributed by atoms with Crippen LogP contribution in [-0.2, 0) is 6.54 Å². The van der Waals surface area contributed by atoms with Crippen molar-refractivity contribution in [3.63, 3.8) is 0 Å². The summed E-state index contributed by atoms with van der Waals surface area (Å²) in [5.41, 5.74) is 2.82. The van der Waals surface area contributed by atoms with Crippen molar-refractivity contribution in [3.05, 3.63) is 29.3 Å². The molecule has 0 aliphatic heterocycles. The van der Waals surface area contributed by atoms with Crippen molar-refractivity contribution < 1.29 is 0 Å². The lowest BCUT2D eigenvalue weighted by Crippen LogP contribution is -2.19. The van der Waals surface area contributed by atoms with Crippen LogP contribution < -0.4 is 5.32 Å². The Morgan fingerprint density at radius 1 is 1.11 bits per heavy atom. The highest BCUT2D eigenvalue weighted by atomic mass is 32.2. The standard InChI is InChI=1S/C16H27NS/c1-12(2)9-17-10-15-6-7-16(8-14(15)5)18-11-13(3)4/h6-8,12-13,17H,9-11H2,1-5H3. The minimum Gasteiger partial charge on any atom is -0.312 e. The fourth-order valence-corrected chi connectivity index (χ4v) is 2.67. The van der Waals surface area contributed by atoms with E-state index in [0.29, 0.717) is 5.92 Å². The maximum Gasteiger partial charge on any atom is 0.0208 e. The number of benzene rings is 1. The molecule has 0 amide bonds. The molecule has 0 atom stereocenters. The van der Waals surface area contributed by atoms with Crippen molar-refractivity contribution in [1.29, 1.82) is 0 Å². The van der Waals surface area contributed by atoms with E-state index in [-0.39, 0.29) is 0 Å². The fraction of sp³-hybridized carbons (Fsp3) is 0.625. The molecule has 102 valence electrons. The number of hydrogen-bond donors (Lipinski definition) is 1. The lowest BCUT2D eigenvalue weighted by atomic mass is 10.1. The van der Waals surface area contributed by atoms with Gasteiger partial charge in [-0.1, -0.05) is 33.8 Å². The van der Waals surface area contributed by atoms with Crippen molar-refractivity contribution in [2.75, 3.05) is 12.3 Å². The first-order valence-corrected chi connectivity index (χ1v) is 7.90. The second kappa shape index (κ2) is 7.85. The van der Waals surface area contributed by atoms with Gasteiger partial charge >= 0.3 is 0 Å². The van der Waals surface area contributed by atoms with Crippen molar-refractivity contribution in [3.8, 4) is 0 Å². The first kappa shape index (κ1) is 15.6. The summed E-state index contributed by atoms with van der Waals surface area (Å²) in [6.07, 6.45) is 0. The highest BCUT2D eigenvalue weighted by Gasteiger charge is 2.02. The molecule has 0 aromatic heterocycles. The van der Waals surface area contributed by atoms with Crippen molar-refractivity contribution >= 4 is 11.8 Å². The van der Waals surface area contributed by atoms with E-state index in [4.69, 9.17) is 0 Å². The number of thioether (sulfide) groups is 1. The van der Waals surface area contributed by atoms with Gasteiger partial charge in [-0.3, -0.25) is 0 Å². The summed E-state index contributed by atoms with van der Waals surface area (Å²) in [6.45, 7) is 13.3. The molecule has 0 spiro atoms. The van der Waals surface area contributed by atoms with Gasteiger partial charge in [0, 0.05) is 17.2 Å². The molecule has 1 rings (SSSR count). The normalized spacial score (nSPS) is 11.5. The third-order valence-corrected chi connectivity index (χ3v) is 4.19. The predicted molar refractivity (Wildman–Crippen MR) is 83.3 cm³/mol. The van der Waals surface area contributed by atoms with Gasteiger partial charge < -0.3 is 5.32 Å². The number of aryl methyl sites for hydroxylation is 1. The van der Waals surface area contributed by atoms with E-state index in [1.807, 2.05) is 11.8 Å². The van der Waals surface area contributed by atoms with Crippen LogP contribution in [0.25, 0.3) is 0 Å². The van der Waals surface area contributed by atoms with E-state index >= 15 is 0 Å². The van der Waals surface area contributed by atoms with Gasteiger partial charge in [-0.05, 0) is 48.6 Å². The highest BCUT2D eigenvalue weighted by molar-refractivity contribution is 7.99. The number of hydrogen-bond acceptors (Lipinski definition) is 2. The quantitative estimate of drug-likeness (QED) is 0.729. The molecule has 0 saturated heterocycles. The molecule has 18 heavy (non-hydrogen) atoms. The second-order valence-corrected chi connectivity index (χ2v) is 6.91. The molecule has 1 nitrogen and oxygen atoms in total. The Labute approximate surface area is 117 Å². The van der Waals surface area contributed by atoms with Gasteiger partial charge in [-0.15, -0.1) is 11.8 Å². The zero-order chi connectivity index (χ0) is 13.5. The number of rotatable bonds is 7. The molecule has 0 fully saturated rings. The SMILES string of the molecule is Cc1cc(SCC(C)C)ccc1CNCC(C)C. The Morgan fingerprint density at radius 3 is 2.39 bits per heavy atom. The van der Waals surface area contributed by atoms with Crippen LogP contribution in [0.2, 0.25) is 0 Å². The zero-order valence-corrected chi connectivity index (χ0v) is 13.2. The molecule has 0 radical (unpaired) electrons. The Balaban J connectivity index is 2.51. The van der Waals surface area contributed by atoms with E-state index in [1.165, 1.54) is 21.8 Å². The minimum absolute atomic E-state index is 0.714. The van der Waals surface area contributed by atoms with E-state index in [9.17, 15) is 0 Å². The van der Waals surface area contributed by atoms with Gasteiger partial charge in [0.1, 0.15) is 0 Å². The van der Waals surface area contributed by atoms with Gasteiger partial charge in [0.25, 0.3) is 0 Å². The smallest absolute Gasteiger partial charge is 0.0208 e. The van der Waals surface area contributed by atoms with Crippen LogP contribution in [-0.4, -0.2) is 12.3 Å². The summed E-state index contributed by atoms with van der Waals surface area (Å²) in [6, 6.07) is 6.84. The van der Waals surface area contributed by atoms with E-state index in [2.05, 4.69) is 58.1 Å². The maximum absolute atomic E-state index is 3.50. The van der Waals surface area contributed by atoms with Crippen molar-refractivity contribution in [1.82, 2.24) is 5.32 Å². The third kappa shape index (κ3) is 5.92. The zero-order valence-electron chi connectivity index (χ0n) is 12.4. The van der Waals surface area contributed by atoms with Crippen LogP contribution in [0.15, 0.2) is 23.1 Å². The summed E-state index contributed by atoms with van der Waals surface area (Å²) in [7, 11) is 0. The van der Waals surface area contributed by atoms with Crippen LogP contribution >= 0.6 is 11.8 Å². The Kier molecular flexibility index (Phi) is 6.80. The predicted octanol–water partition coefficient (Wildman–Crippen LogP) is 4.49. The van der Waals surface area contributed by atoms with Gasteiger partial charge in [-0.2, -0.15) is 0 Å². The molecular weight excluding hydrogens is 238 g/mol. The van der Waals surface area contributed by atoms with E-state index < -0.39 is 0 Å². The minimum atomic E-state index is 0.714. The molecule has 0 aliphatic rings. The monoisotopic (exact) mass is 265 g/mol. The summed E-state index contributed by atoms with van der Waals surface area (Å²) in [5, 5.41) is 3.50. The highest BCUT2D eigenvalue weighted by Crippen LogP contribution is 2.23. The molecule has 0 bridgehead atoms. The van der Waals surface area contributed by atoms with E-state index in [0.717, 1.165) is 19.0 Å². The Bertz CT molecular complexity index is 358. The number of nitrogens with one attached hydrogen (secondary N) is 1. The third-order valence-electron chi connectivity index (χ3n) is 2.77.